The Hall–Kier alpha value is -2.30. The number of carbonyl (C=O) groups is 2. The Morgan fingerprint density at radius 2 is 2.00 bits per heavy atom. The summed E-state index contributed by atoms with van der Waals surface area (Å²) < 4.78 is 0. The van der Waals surface area contributed by atoms with Gasteiger partial charge in [0.25, 0.3) is 5.91 Å². The quantitative estimate of drug-likeness (QED) is 0.793. The number of rotatable bonds is 2. The SMILES string of the molecule is O=C(NC1CCCCNC1=O)c1ccc2c3c([nH]c2c1)CCCC3. The van der Waals surface area contributed by atoms with Gasteiger partial charge in [0, 0.05) is 28.7 Å². The number of hydrogen-bond acceptors (Lipinski definition) is 2. The molecule has 2 aromatic rings. The minimum atomic E-state index is -0.424. The van der Waals surface area contributed by atoms with Crippen molar-refractivity contribution in [2.75, 3.05) is 6.54 Å². The van der Waals surface area contributed by atoms with Gasteiger partial charge in [0.2, 0.25) is 5.91 Å². The van der Waals surface area contributed by atoms with E-state index in [1.165, 1.54) is 29.5 Å². The zero-order valence-corrected chi connectivity index (χ0v) is 13.8. The lowest BCUT2D eigenvalue weighted by molar-refractivity contribution is -0.122. The van der Waals surface area contributed by atoms with E-state index in [0.29, 0.717) is 18.5 Å². The fraction of sp³-hybridized carbons (Fsp3) is 0.474. The van der Waals surface area contributed by atoms with Crippen LogP contribution in [-0.2, 0) is 17.6 Å². The molecule has 2 aliphatic rings. The highest BCUT2D eigenvalue weighted by Crippen LogP contribution is 2.29. The highest BCUT2D eigenvalue weighted by molar-refractivity contribution is 6.00. The fourth-order valence-corrected chi connectivity index (χ4v) is 3.87. The van der Waals surface area contributed by atoms with Gasteiger partial charge in [-0.05, 0) is 62.6 Å². The molecule has 1 saturated heterocycles. The van der Waals surface area contributed by atoms with E-state index in [0.717, 1.165) is 31.2 Å². The average molecular weight is 325 g/mol. The number of fused-ring (bicyclic) bond motifs is 3. The fourth-order valence-electron chi connectivity index (χ4n) is 3.87. The molecule has 126 valence electrons. The van der Waals surface area contributed by atoms with Gasteiger partial charge in [-0.25, -0.2) is 0 Å². The van der Waals surface area contributed by atoms with Crippen molar-refractivity contribution in [3.05, 3.63) is 35.0 Å². The molecule has 1 fully saturated rings. The molecule has 1 aromatic heterocycles. The molecule has 0 bridgehead atoms. The van der Waals surface area contributed by atoms with Gasteiger partial charge in [0.15, 0.2) is 0 Å². The Labute approximate surface area is 141 Å². The van der Waals surface area contributed by atoms with Gasteiger partial charge in [-0.15, -0.1) is 0 Å². The topological polar surface area (TPSA) is 74.0 Å². The summed E-state index contributed by atoms with van der Waals surface area (Å²) in [5.74, 6) is -0.246. The Balaban J connectivity index is 1.57. The van der Waals surface area contributed by atoms with Gasteiger partial charge in [-0.1, -0.05) is 6.07 Å². The van der Waals surface area contributed by atoms with Crippen LogP contribution in [0.2, 0.25) is 0 Å². The highest BCUT2D eigenvalue weighted by Gasteiger charge is 2.23. The van der Waals surface area contributed by atoms with Crippen LogP contribution in [0, 0.1) is 0 Å². The van der Waals surface area contributed by atoms with E-state index < -0.39 is 6.04 Å². The number of hydrogen-bond donors (Lipinski definition) is 3. The van der Waals surface area contributed by atoms with Gasteiger partial charge in [0.1, 0.15) is 6.04 Å². The predicted octanol–water partition coefficient (Wildman–Crippen LogP) is 2.45. The summed E-state index contributed by atoms with van der Waals surface area (Å²) in [7, 11) is 0. The normalized spacial score (nSPS) is 21.0. The van der Waals surface area contributed by atoms with E-state index in [-0.39, 0.29) is 11.8 Å². The highest BCUT2D eigenvalue weighted by atomic mass is 16.2. The van der Waals surface area contributed by atoms with Crippen molar-refractivity contribution < 1.29 is 9.59 Å². The molecule has 0 spiro atoms. The molecule has 24 heavy (non-hydrogen) atoms. The standard InChI is InChI=1S/C19H23N3O2/c23-18(22-16-7-3-4-10-20-19(16)24)12-8-9-14-13-5-1-2-6-15(13)21-17(14)11-12/h8-9,11,16,21H,1-7,10H2,(H,20,24)(H,22,23). The third-order valence-corrected chi connectivity index (χ3v) is 5.20. The Morgan fingerprint density at radius 1 is 1.12 bits per heavy atom. The van der Waals surface area contributed by atoms with Crippen LogP contribution in [0.3, 0.4) is 0 Å². The number of nitrogens with one attached hydrogen (secondary N) is 3. The molecule has 0 radical (unpaired) electrons. The van der Waals surface area contributed by atoms with Crippen LogP contribution in [-0.4, -0.2) is 29.4 Å². The zero-order valence-electron chi connectivity index (χ0n) is 13.8. The van der Waals surface area contributed by atoms with Crippen LogP contribution in [0.4, 0.5) is 0 Å². The van der Waals surface area contributed by atoms with E-state index in [1.54, 1.807) is 0 Å². The van der Waals surface area contributed by atoms with Gasteiger partial charge in [0.05, 0.1) is 0 Å². The second-order valence-corrected chi connectivity index (χ2v) is 6.86. The first-order valence-electron chi connectivity index (χ1n) is 8.94. The van der Waals surface area contributed by atoms with Crippen molar-refractivity contribution in [2.24, 2.45) is 0 Å². The maximum atomic E-state index is 12.6. The predicted molar refractivity (Wildman–Crippen MR) is 93.1 cm³/mol. The van der Waals surface area contributed by atoms with E-state index in [1.807, 2.05) is 18.2 Å². The van der Waals surface area contributed by atoms with Crippen LogP contribution in [0.15, 0.2) is 18.2 Å². The number of benzene rings is 1. The lowest BCUT2D eigenvalue weighted by atomic mass is 9.95. The molecular weight excluding hydrogens is 302 g/mol. The molecule has 2 heterocycles. The van der Waals surface area contributed by atoms with Crippen LogP contribution in [0.1, 0.15) is 53.7 Å². The summed E-state index contributed by atoms with van der Waals surface area (Å²) in [4.78, 5) is 28.0. The first kappa shape index (κ1) is 15.2. The second kappa shape index (κ2) is 6.30. The molecule has 1 unspecified atom stereocenters. The minimum absolute atomic E-state index is 0.0720. The molecule has 2 amide bonds. The van der Waals surface area contributed by atoms with Crippen molar-refractivity contribution in [1.82, 2.24) is 15.6 Å². The number of aryl methyl sites for hydroxylation is 2. The number of aromatic nitrogens is 1. The molecule has 1 aliphatic carbocycles. The van der Waals surface area contributed by atoms with Crippen molar-refractivity contribution in [2.45, 2.75) is 51.0 Å². The molecule has 5 heteroatoms. The first-order valence-corrected chi connectivity index (χ1v) is 8.94. The Bertz CT molecular complexity index is 793. The van der Waals surface area contributed by atoms with Crippen LogP contribution < -0.4 is 10.6 Å². The third-order valence-electron chi connectivity index (χ3n) is 5.20. The molecule has 0 saturated carbocycles. The van der Waals surface area contributed by atoms with E-state index >= 15 is 0 Å². The van der Waals surface area contributed by atoms with Crippen molar-refractivity contribution >= 4 is 22.7 Å². The summed E-state index contributed by atoms with van der Waals surface area (Å²) in [6, 6.07) is 5.40. The number of aromatic amines is 1. The van der Waals surface area contributed by atoms with E-state index in [9.17, 15) is 9.59 Å². The minimum Gasteiger partial charge on any atom is -0.358 e. The summed E-state index contributed by atoms with van der Waals surface area (Å²) in [5, 5.41) is 6.97. The summed E-state index contributed by atoms with van der Waals surface area (Å²) in [5.41, 5.74) is 4.36. The van der Waals surface area contributed by atoms with Gasteiger partial charge in [-0.2, -0.15) is 0 Å². The molecule has 5 nitrogen and oxygen atoms in total. The largest absolute Gasteiger partial charge is 0.358 e. The molecule has 1 atom stereocenters. The monoisotopic (exact) mass is 325 g/mol. The van der Waals surface area contributed by atoms with Crippen molar-refractivity contribution in [3.8, 4) is 0 Å². The number of carbonyl (C=O) groups excluding carboxylic acids is 2. The number of H-pyrrole nitrogens is 1. The zero-order chi connectivity index (χ0) is 16.5. The lowest BCUT2D eigenvalue weighted by Crippen LogP contribution is -2.45. The lowest BCUT2D eigenvalue weighted by Gasteiger charge is -2.15. The van der Waals surface area contributed by atoms with Crippen LogP contribution >= 0.6 is 0 Å². The van der Waals surface area contributed by atoms with Gasteiger partial charge >= 0.3 is 0 Å². The Kier molecular flexibility index (Phi) is 4.00. The summed E-state index contributed by atoms with van der Waals surface area (Å²) in [6.07, 6.45) is 7.29. The molecule has 1 aromatic carbocycles. The molecular formula is C19H23N3O2. The Morgan fingerprint density at radius 3 is 2.92 bits per heavy atom. The van der Waals surface area contributed by atoms with E-state index in [2.05, 4.69) is 15.6 Å². The molecule has 1 aliphatic heterocycles. The second-order valence-electron chi connectivity index (χ2n) is 6.86. The molecule has 4 rings (SSSR count). The van der Waals surface area contributed by atoms with E-state index in [4.69, 9.17) is 0 Å². The van der Waals surface area contributed by atoms with Crippen LogP contribution in [0.25, 0.3) is 10.9 Å². The third kappa shape index (κ3) is 2.79. The van der Waals surface area contributed by atoms with Crippen molar-refractivity contribution in [1.29, 1.82) is 0 Å². The van der Waals surface area contributed by atoms with Gasteiger partial charge in [-0.3, -0.25) is 9.59 Å². The van der Waals surface area contributed by atoms with Gasteiger partial charge < -0.3 is 15.6 Å². The summed E-state index contributed by atoms with van der Waals surface area (Å²) >= 11 is 0. The molecule has 3 N–H and O–H groups in total. The number of amides is 2. The smallest absolute Gasteiger partial charge is 0.252 e. The summed E-state index contributed by atoms with van der Waals surface area (Å²) in [6.45, 7) is 0.700. The first-order chi connectivity index (χ1) is 11.7. The maximum Gasteiger partial charge on any atom is 0.252 e. The maximum absolute atomic E-state index is 12.6. The average Bonchev–Trinajstić information content (AvgIpc) is 2.85. The van der Waals surface area contributed by atoms with Crippen LogP contribution in [0.5, 0.6) is 0 Å². The van der Waals surface area contributed by atoms with Crippen molar-refractivity contribution in [3.63, 3.8) is 0 Å².